The van der Waals surface area contributed by atoms with Gasteiger partial charge < -0.3 is 19.8 Å². The minimum absolute atomic E-state index is 0.164. The molecule has 1 aromatic rings. The molecule has 0 fully saturated rings. The monoisotopic (exact) mass is 273 g/mol. The predicted octanol–water partition coefficient (Wildman–Crippen LogP) is 1.71. The molecule has 0 saturated carbocycles. The van der Waals surface area contributed by atoms with E-state index in [-0.39, 0.29) is 11.8 Å². The third-order valence-electron chi connectivity index (χ3n) is 2.52. The highest BCUT2D eigenvalue weighted by atomic mass is 32.2. The Morgan fingerprint density at radius 2 is 2.17 bits per heavy atom. The average Bonchev–Trinajstić information content (AvgIpc) is 2.36. The van der Waals surface area contributed by atoms with Crippen LogP contribution in [-0.2, 0) is 11.1 Å². The third-order valence-corrected chi connectivity index (χ3v) is 3.10. The number of methoxy groups -OCH3 is 1. The molecular formula is C12H19NO4S. The fourth-order valence-corrected chi connectivity index (χ4v) is 2.04. The van der Waals surface area contributed by atoms with Crippen LogP contribution in [0.5, 0.6) is 11.5 Å². The molecule has 0 radical (unpaired) electrons. The summed E-state index contributed by atoms with van der Waals surface area (Å²) in [6, 6.07) is 5.15. The Labute approximate surface area is 110 Å². The Bertz CT molecular complexity index is 411. The largest absolute Gasteiger partial charge is 0.493 e. The van der Waals surface area contributed by atoms with E-state index >= 15 is 0 Å². The second-order valence-electron chi connectivity index (χ2n) is 3.76. The van der Waals surface area contributed by atoms with E-state index in [1.807, 2.05) is 19.1 Å². The van der Waals surface area contributed by atoms with Crippen molar-refractivity contribution in [3.8, 4) is 11.5 Å². The van der Waals surface area contributed by atoms with Crippen LogP contribution in [0.25, 0.3) is 0 Å². The third kappa shape index (κ3) is 4.29. The first-order chi connectivity index (χ1) is 8.58. The second kappa shape index (κ2) is 7.35. The van der Waals surface area contributed by atoms with Gasteiger partial charge in [0.25, 0.3) is 0 Å². The van der Waals surface area contributed by atoms with E-state index in [2.05, 4.69) is 0 Å². The molecule has 5 nitrogen and oxygen atoms in total. The smallest absolute Gasteiger partial charge is 0.161 e. The molecule has 0 aliphatic rings. The zero-order valence-electron chi connectivity index (χ0n) is 10.6. The maximum absolute atomic E-state index is 10.6. The zero-order chi connectivity index (χ0) is 13.5. The van der Waals surface area contributed by atoms with Crippen LogP contribution in [0, 0.1) is 0 Å². The van der Waals surface area contributed by atoms with Crippen molar-refractivity contribution in [2.45, 2.75) is 19.4 Å². The highest BCUT2D eigenvalue weighted by Gasteiger charge is 2.11. The van der Waals surface area contributed by atoms with E-state index in [0.29, 0.717) is 24.5 Å². The molecule has 1 rings (SSSR count). The van der Waals surface area contributed by atoms with E-state index in [4.69, 9.17) is 19.8 Å². The lowest BCUT2D eigenvalue weighted by Gasteiger charge is -2.15. The number of hydrogen-bond acceptors (Lipinski definition) is 4. The first-order valence-corrected chi connectivity index (χ1v) is 6.99. The zero-order valence-corrected chi connectivity index (χ0v) is 11.4. The number of hydrogen-bond donors (Lipinski definition) is 2. The Kier molecular flexibility index (Phi) is 6.11. The highest BCUT2D eigenvalue weighted by molar-refractivity contribution is 7.79. The van der Waals surface area contributed by atoms with Gasteiger partial charge in [-0.3, -0.25) is 0 Å². The van der Waals surface area contributed by atoms with Crippen LogP contribution in [0.4, 0.5) is 0 Å². The van der Waals surface area contributed by atoms with Gasteiger partial charge in [-0.15, -0.1) is 0 Å². The minimum atomic E-state index is -1.81. The lowest BCUT2D eigenvalue weighted by molar-refractivity contribution is 0.310. The van der Waals surface area contributed by atoms with Gasteiger partial charge in [-0.05, 0) is 31.0 Å². The first-order valence-electron chi connectivity index (χ1n) is 5.72. The number of ether oxygens (including phenoxy) is 2. The molecule has 0 bridgehead atoms. The number of rotatable bonds is 7. The van der Waals surface area contributed by atoms with E-state index in [9.17, 15) is 4.21 Å². The van der Waals surface area contributed by atoms with E-state index in [1.54, 1.807) is 13.2 Å². The molecule has 1 unspecified atom stereocenters. The Hall–Kier alpha value is -1.11. The molecule has 6 heteroatoms. The lowest BCUT2D eigenvalue weighted by Crippen LogP contribution is -2.14. The second-order valence-corrected chi connectivity index (χ2v) is 4.82. The molecule has 0 aliphatic carbocycles. The van der Waals surface area contributed by atoms with Gasteiger partial charge in [-0.2, -0.15) is 0 Å². The van der Waals surface area contributed by atoms with Crippen LogP contribution in [0.2, 0.25) is 0 Å². The molecule has 18 heavy (non-hydrogen) atoms. The molecular weight excluding hydrogens is 254 g/mol. The number of benzene rings is 1. The van der Waals surface area contributed by atoms with Crippen molar-refractivity contribution < 1.29 is 18.2 Å². The van der Waals surface area contributed by atoms with Crippen LogP contribution in [0.3, 0.4) is 0 Å². The van der Waals surface area contributed by atoms with Crippen LogP contribution in [0.15, 0.2) is 18.2 Å². The maximum atomic E-state index is 10.6. The molecule has 0 heterocycles. The summed E-state index contributed by atoms with van der Waals surface area (Å²) in [5, 5.41) is 0. The van der Waals surface area contributed by atoms with Crippen molar-refractivity contribution in [3.05, 3.63) is 23.8 Å². The Morgan fingerprint density at radius 1 is 1.44 bits per heavy atom. The van der Waals surface area contributed by atoms with Gasteiger partial charge in [0.15, 0.2) is 22.6 Å². The Balaban J connectivity index is 2.82. The summed E-state index contributed by atoms with van der Waals surface area (Å²) in [4.78, 5) is 0. The maximum Gasteiger partial charge on any atom is 0.161 e. The summed E-state index contributed by atoms with van der Waals surface area (Å²) in [7, 11) is 1.58. The molecule has 102 valence electrons. The van der Waals surface area contributed by atoms with Crippen molar-refractivity contribution >= 4 is 11.1 Å². The fourth-order valence-electron chi connectivity index (χ4n) is 1.59. The van der Waals surface area contributed by atoms with Gasteiger partial charge in [-0.1, -0.05) is 6.07 Å². The summed E-state index contributed by atoms with van der Waals surface area (Å²) < 4.78 is 30.0. The van der Waals surface area contributed by atoms with E-state index in [1.165, 1.54) is 0 Å². The van der Waals surface area contributed by atoms with Crippen molar-refractivity contribution in [2.75, 3.05) is 19.5 Å². The topological polar surface area (TPSA) is 81.8 Å². The van der Waals surface area contributed by atoms with Gasteiger partial charge in [0.2, 0.25) is 0 Å². The number of nitrogens with two attached hydrogens (primary N) is 1. The average molecular weight is 273 g/mol. The van der Waals surface area contributed by atoms with Crippen molar-refractivity contribution in [3.63, 3.8) is 0 Å². The molecule has 0 spiro atoms. The molecule has 0 aromatic heterocycles. The van der Waals surface area contributed by atoms with Gasteiger partial charge in [0.05, 0.1) is 19.5 Å². The molecule has 3 N–H and O–H groups in total. The molecule has 0 aliphatic heterocycles. The van der Waals surface area contributed by atoms with Gasteiger partial charge in [-0.25, -0.2) is 4.21 Å². The molecule has 2 atom stereocenters. The van der Waals surface area contributed by atoms with Crippen LogP contribution in [0.1, 0.15) is 24.9 Å². The molecule has 1 aromatic carbocycles. The summed E-state index contributed by atoms with van der Waals surface area (Å²) in [5.41, 5.74) is 6.82. The summed E-state index contributed by atoms with van der Waals surface area (Å²) in [6.45, 7) is 2.43. The van der Waals surface area contributed by atoms with E-state index in [0.717, 1.165) is 5.56 Å². The van der Waals surface area contributed by atoms with Gasteiger partial charge in [0, 0.05) is 6.04 Å². The van der Waals surface area contributed by atoms with Crippen molar-refractivity contribution in [1.82, 2.24) is 0 Å². The standard InChI is InChI=1S/C12H19NO4S/c1-3-17-12-8-9(4-5-11(12)16-2)10(13)6-7-18(14)15/h4-5,8,10H,3,6-7,13H2,1-2H3,(H,14,15)/t10-/m0/s1. The van der Waals surface area contributed by atoms with Gasteiger partial charge >= 0.3 is 0 Å². The quantitative estimate of drug-likeness (QED) is 0.739. The van der Waals surface area contributed by atoms with Crippen LogP contribution < -0.4 is 15.2 Å². The normalized spacial score (nSPS) is 14.0. The van der Waals surface area contributed by atoms with Crippen LogP contribution >= 0.6 is 0 Å². The first kappa shape index (κ1) is 14.9. The predicted molar refractivity (Wildman–Crippen MR) is 71.3 cm³/mol. The molecule has 0 saturated heterocycles. The fraction of sp³-hybridized carbons (Fsp3) is 0.500. The SMILES string of the molecule is CCOc1cc([C@@H](N)CCS(=O)O)ccc1OC. The summed E-state index contributed by atoms with van der Waals surface area (Å²) >= 11 is -1.81. The molecule has 0 amide bonds. The highest BCUT2D eigenvalue weighted by Crippen LogP contribution is 2.30. The van der Waals surface area contributed by atoms with Gasteiger partial charge in [0.1, 0.15) is 0 Å². The minimum Gasteiger partial charge on any atom is -0.493 e. The van der Waals surface area contributed by atoms with Crippen molar-refractivity contribution in [1.29, 1.82) is 0 Å². The van der Waals surface area contributed by atoms with Crippen LogP contribution in [-0.4, -0.2) is 28.2 Å². The Morgan fingerprint density at radius 3 is 2.72 bits per heavy atom. The summed E-state index contributed by atoms with van der Waals surface area (Å²) in [5.74, 6) is 1.45. The lowest BCUT2D eigenvalue weighted by atomic mass is 10.0. The van der Waals surface area contributed by atoms with E-state index < -0.39 is 11.1 Å². The van der Waals surface area contributed by atoms with Crippen molar-refractivity contribution in [2.24, 2.45) is 5.73 Å². The summed E-state index contributed by atoms with van der Waals surface area (Å²) in [6.07, 6.45) is 0.445.